The van der Waals surface area contributed by atoms with Crippen LogP contribution in [0.4, 0.5) is 0 Å². The number of ether oxygens (including phenoxy) is 1. The van der Waals surface area contributed by atoms with Gasteiger partial charge in [0.2, 0.25) is 0 Å². The average molecular weight is 154 g/mol. The van der Waals surface area contributed by atoms with Crippen LogP contribution in [0.5, 0.6) is 0 Å². The first-order chi connectivity index (χ1) is 5.18. The smallest absolute Gasteiger partial charge is 0.0614 e. The number of hydrogen-bond acceptors (Lipinski definition) is 1. The van der Waals surface area contributed by atoms with Gasteiger partial charge in [-0.1, -0.05) is 26.0 Å². The summed E-state index contributed by atoms with van der Waals surface area (Å²) in [5.41, 5.74) is 1.36. The Kier molecular flexibility index (Phi) is 3.13. The third-order valence-corrected chi connectivity index (χ3v) is 2.06. The molecule has 0 aromatic heterocycles. The molecule has 1 rings (SSSR count). The van der Waals surface area contributed by atoms with Gasteiger partial charge >= 0.3 is 0 Å². The van der Waals surface area contributed by atoms with Gasteiger partial charge in [-0.25, -0.2) is 0 Å². The molecule has 1 heterocycles. The van der Waals surface area contributed by atoms with E-state index in [1.54, 1.807) is 0 Å². The van der Waals surface area contributed by atoms with E-state index in [4.69, 9.17) is 4.74 Å². The normalized spacial score (nSPS) is 26.1. The molecule has 0 aliphatic carbocycles. The third-order valence-electron chi connectivity index (χ3n) is 2.06. The topological polar surface area (TPSA) is 9.23 Å². The monoisotopic (exact) mass is 154 g/mol. The molecular formula is C10H18O. The van der Waals surface area contributed by atoms with Gasteiger partial charge in [-0.2, -0.15) is 0 Å². The molecule has 0 N–H and O–H groups in total. The summed E-state index contributed by atoms with van der Waals surface area (Å²) in [6.45, 7) is 9.35. The van der Waals surface area contributed by atoms with Crippen LogP contribution in [-0.2, 0) is 4.74 Å². The first kappa shape index (κ1) is 8.79. The van der Waals surface area contributed by atoms with Crippen LogP contribution in [0.2, 0.25) is 0 Å². The lowest BCUT2D eigenvalue weighted by Gasteiger charge is -2.25. The summed E-state index contributed by atoms with van der Waals surface area (Å²) < 4.78 is 5.60. The van der Waals surface area contributed by atoms with Crippen LogP contribution in [0.15, 0.2) is 12.2 Å². The maximum atomic E-state index is 5.60. The second-order valence-electron chi connectivity index (χ2n) is 3.83. The van der Waals surface area contributed by atoms with E-state index >= 15 is 0 Å². The highest BCUT2D eigenvalue weighted by Gasteiger charge is 2.16. The van der Waals surface area contributed by atoms with E-state index in [0.29, 0.717) is 6.10 Å². The van der Waals surface area contributed by atoms with E-state index in [0.717, 1.165) is 25.4 Å². The Morgan fingerprint density at radius 1 is 1.64 bits per heavy atom. The molecule has 0 spiro atoms. The van der Waals surface area contributed by atoms with Crippen molar-refractivity contribution in [3.63, 3.8) is 0 Å². The Balaban J connectivity index is 2.28. The zero-order chi connectivity index (χ0) is 8.27. The lowest BCUT2D eigenvalue weighted by atomic mass is 9.97. The highest BCUT2D eigenvalue weighted by molar-refractivity contribution is 4.98. The summed E-state index contributed by atoms with van der Waals surface area (Å²) in [7, 11) is 0. The minimum Gasteiger partial charge on any atom is -0.378 e. The third kappa shape index (κ3) is 3.06. The van der Waals surface area contributed by atoms with Gasteiger partial charge in [0.05, 0.1) is 12.7 Å². The van der Waals surface area contributed by atoms with E-state index < -0.39 is 0 Å². The average Bonchev–Trinajstić information content (AvgIpc) is 1.85. The number of rotatable bonds is 2. The molecule has 64 valence electrons. The predicted octanol–water partition coefficient (Wildman–Crippen LogP) is 2.77. The van der Waals surface area contributed by atoms with Crippen molar-refractivity contribution in [2.75, 3.05) is 6.61 Å². The van der Waals surface area contributed by atoms with Gasteiger partial charge < -0.3 is 4.74 Å². The van der Waals surface area contributed by atoms with E-state index in [9.17, 15) is 0 Å². The Morgan fingerprint density at radius 2 is 2.36 bits per heavy atom. The molecular weight excluding hydrogens is 136 g/mol. The van der Waals surface area contributed by atoms with Crippen LogP contribution in [0, 0.1) is 5.92 Å². The summed E-state index contributed by atoms with van der Waals surface area (Å²) in [6.07, 6.45) is 3.78. The quantitative estimate of drug-likeness (QED) is 0.556. The molecule has 1 atom stereocenters. The van der Waals surface area contributed by atoms with Crippen LogP contribution in [0.3, 0.4) is 0 Å². The summed E-state index contributed by atoms with van der Waals surface area (Å²) in [6, 6.07) is 0. The molecule has 1 aliphatic rings. The van der Waals surface area contributed by atoms with Crippen molar-refractivity contribution in [1.29, 1.82) is 0 Å². The fraction of sp³-hybridized carbons (Fsp3) is 0.800. The molecule has 1 nitrogen and oxygen atoms in total. The van der Waals surface area contributed by atoms with Gasteiger partial charge in [-0.3, -0.25) is 0 Å². The molecule has 0 bridgehead atoms. The van der Waals surface area contributed by atoms with E-state index in [1.165, 1.54) is 12.0 Å². The SMILES string of the molecule is C=C1CCO[C@H](CC(C)C)C1. The first-order valence-corrected chi connectivity index (χ1v) is 4.46. The second-order valence-corrected chi connectivity index (χ2v) is 3.83. The highest BCUT2D eigenvalue weighted by atomic mass is 16.5. The van der Waals surface area contributed by atoms with Crippen molar-refractivity contribution < 1.29 is 4.74 Å². The molecule has 0 saturated carbocycles. The molecule has 11 heavy (non-hydrogen) atoms. The fourth-order valence-electron chi connectivity index (χ4n) is 1.53. The minimum atomic E-state index is 0.455. The maximum absolute atomic E-state index is 5.60. The van der Waals surface area contributed by atoms with Crippen molar-refractivity contribution in [3.8, 4) is 0 Å². The van der Waals surface area contributed by atoms with Crippen LogP contribution in [-0.4, -0.2) is 12.7 Å². The molecule has 0 aromatic rings. The zero-order valence-corrected chi connectivity index (χ0v) is 7.60. The van der Waals surface area contributed by atoms with Gasteiger partial charge in [-0.15, -0.1) is 0 Å². The van der Waals surface area contributed by atoms with Gasteiger partial charge in [0.1, 0.15) is 0 Å². The van der Waals surface area contributed by atoms with E-state index in [1.807, 2.05) is 0 Å². The molecule has 1 heteroatoms. The predicted molar refractivity (Wildman–Crippen MR) is 47.6 cm³/mol. The molecule has 0 aromatic carbocycles. The molecule has 1 aliphatic heterocycles. The Hall–Kier alpha value is -0.300. The molecule has 0 radical (unpaired) electrons. The van der Waals surface area contributed by atoms with Crippen LogP contribution in [0.25, 0.3) is 0 Å². The summed E-state index contributed by atoms with van der Waals surface area (Å²) in [5, 5.41) is 0. The molecule has 0 unspecified atom stereocenters. The van der Waals surface area contributed by atoms with E-state index in [-0.39, 0.29) is 0 Å². The molecule has 0 amide bonds. The Morgan fingerprint density at radius 3 is 2.91 bits per heavy atom. The van der Waals surface area contributed by atoms with Crippen LogP contribution in [0.1, 0.15) is 33.1 Å². The molecule has 1 fully saturated rings. The van der Waals surface area contributed by atoms with Gasteiger partial charge in [0, 0.05) is 0 Å². The summed E-state index contributed by atoms with van der Waals surface area (Å²) >= 11 is 0. The standard InChI is InChI=1S/C10H18O/c1-8(2)6-10-7-9(3)4-5-11-10/h8,10H,3-7H2,1-2H3/t10-/m1/s1. The Bertz CT molecular complexity index is 138. The summed E-state index contributed by atoms with van der Waals surface area (Å²) in [5.74, 6) is 0.742. The maximum Gasteiger partial charge on any atom is 0.0614 e. The van der Waals surface area contributed by atoms with Gasteiger partial charge in [0.25, 0.3) is 0 Å². The lowest BCUT2D eigenvalue weighted by molar-refractivity contribution is 0.0231. The van der Waals surface area contributed by atoms with Crippen molar-refractivity contribution in [2.45, 2.75) is 39.2 Å². The lowest BCUT2D eigenvalue weighted by Crippen LogP contribution is -2.21. The van der Waals surface area contributed by atoms with Gasteiger partial charge in [0.15, 0.2) is 0 Å². The van der Waals surface area contributed by atoms with Crippen LogP contribution >= 0.6 is 0 Å². The number of hydrogen-bond donors (Lipinski definition) is 0. The van der Waals surface area contributed by atoms with E-state index in [2.05, 4.69) is 20.4 Å². The van der Waals surface area contributed by atoms with Crippen molar-refractivity contribution in [1.82, 2.24) is 0 Å². The van der Waals surface area contributed by atoms with Gasteiger partial charge in [-0.05, 0) is 25.2 Å². The largest absolute Gasteiger partial charge is 0.378 e. The first-order valence-electron chi connectivity index (χ1n) is 4.46. The zero-order valence-electron chi connectivity index (χ0n) is 7.60. The van der Waals surface area contributed by atoms with Crippen LogP contribution < -0.4 is 0 Å². The van der Waals surface area contributed by atoms with Crippen molar-refractivity contribution in [3.05, 3.63) is 12.2 Å². The van der Waals surface area contributed by atoms with Crippen molar-refractivity contribution in [2.24, 2.45) is 5.92 Å². The van der Waals surface area contributed by atoms with Crippen molar-refractivity contribution >= 4 is 0 Å². The highest BCUT2D eigenvalue weighted by Crippen LogP contribution is 2.22. The molecule has 1 saturated heterocycles. The second kappa shape index (κ2) is 3.91. The summed E-state index contributed by atoms with van der Waals surface area (Å²) in [4.78, 5) is 0. The minimum absolute atomic E-state index is 0.455. The Labute approximate surface area is 69.4 Å². The fourth-order valence-corrected chi connectivity index (χ4v) is 1.53.